The number of hydrogen-bond donors (Lipinski definition) is 1. The van der Waals surface area contributed by atoms with E-state index in [-0.39, 0.29) is 17.6 Å². The van der Waals surface area contributed by atoms with Crippen LogP contribution in [0.2, 0.25) is 0 Å². The fourth-order valence-electron chi connectivity index (χ4n) is 1.96. The SMILES string of the molecule is CNC(CCN(C)CCS(C)(=O)=O)c1ccc(F)cc1. The minimum Gasteiger partial charge on any atom is -0.313 e. The third kappa shape index (κ3) is 6.45. The highest BCUT2D eigenvalue weighted by Gasteiger charge is 2.11. The molecule has 0 amide bonds. The molecule has 1 rings (SSSR count). The van der Waals surface area contributed by atoms with Gasteiger partial charge in [0.25, 0.3) is 0 Å². The van der Waals surface area contributed by atoms with Crippen LogP contribution in [0.4, 0.5) is 4.39 Å². The minimum absolute atomic E-state index is 0.135. The number of benzene rings is 1. The molecule has 1 unspecified atom stereocenters. The third-order valence-corrected chi connectivity index (χ3v) is 4.19. The average Bonchev–Trinajstić information content (AvgIpc) is 2.38. The van der Waals surface area contributed by atoms with E-state index in [0.717, 1.165) is 18.5 Å². The molecule has 6 heteroatoms. The molecule has 1 atom stereocenters. The Morgan fingerprint density at radius 1 is 1.25 bits per heavy atom. The summed E-state index contributed by atoms with van der Waals surface area (Å²) >= 11 is 0. The van der Waals surface area contributed by atoms with Crippen molar-refractivity contribution in [1.29, 1.82) is 0 Å². The molecule has 1 aromatic rings. The molecule has 0 aliphatic heterocycles. The van der Waals surface area contributed by atoms with Gasteiger partial charge in [-0.15, -0.1) is 0 Å². The minimum atomic E-state index is -2.92. The molecule has 0 saturated heterocycles. The highest BCUT2D eigenvalue weighted by Crippen LogP contribution is 2.17. The van der Waals surface area contributed by atoms with Crippen LogP contribution in [0.1, 0.15) is 18.0 Å². The lowest BCUT2D eigenvalue weighted by Crippen LogP contribution is -2.29. The quantitative estimate of drug-likeness (QED) is 0.790. The molecule has 1 N–H and O–H groups in total. The van der Waals surface area contributed by atoms with Crippen LogP contribution in [0.3, 0.4) is 0 Å². The van der Waals surface area contributed by atoms with Crippen LogP contribution in [-0.4, -0.2) is 52.5 Å². The summed E-state index contributed by atoms with van der Waals surface area (Å²) < 4.78 is 35.1. The van der Waals surface area contributed by atoms with Crippen molar-refractivity contribution in [2.45, 2.75) is 12.5 Å². The summed E-state index contributed by atoms with van der Waals surface area (Å²) in [5.74, 6) is -0.0709. The molecule has 0 bridgehead atoms. The molecule has 4 nitrogen and oxygen atoms in total. The standard InChI is InChI=1S/C14H23FN2O2S/c1-16-14(12-4-6-13(15)7-5-12)8-9-17(2)10-11-20(3,18)19/h4-7,14,16H,8-11H2,1-3H3. The van der Waals surface area contributed by atoms with Crippen molar-refractivity contribution in [3.05, 3.63) is 35.6 Å². The first-order valence-corrected chi connectivity index (χ1v) is 8.67. The maximum atomic E-state index is 12.9. The number of nitrogens with one attached hydrogen (secondary N) is 1. The molecule has 0 aliphatic rings. The zero-order valence-electron chi connectivity index (χ0n) is 12.3. The number of hydrogen-bond acceptors (Lipinski definition) is 4. The van der Waals surface area contributed by atoms with Gasteiger partial charge in [-0.3, -0.25) is 0 Å². The van der Waals surface area contributed by atoms with Crippen LogP contribution in [0.5, 0.6) is 0 Å². The highest BCUT2D eigenvalue weighted by molar-refractivity contribution is 7.90. The zero-order chi connectivity index (χ0) is 15.2. The van der Waals surface area contributed by atoms with E-state index in [1.807, 2.05) is 19.0 Å². The van der Waals surface area contributed by atoms with Gasteiger partial charge in [-0.2, -0.15) is 0 Å². The van der Waals surface area contributed by atoms with Crippen molar-refractivity contribution in [3.63, 3.8) is 0 Å². The fraction of sp³-hybridized carbons (Fsp3) is 0.571. The monoisotopic (exact) mass is 302 g/mol. The Labute approximate surface area is 120 Å². The topological polar surface area (TPSA) is 49.4 Å². The van der Waals surface area contributed by atoms with E-state index in [9.17, 15) is 12.8 Å². The summed E-state index contributed by atoms with van der Waals surface area (Å²) in [6.07, 6.45) is 2.08. The Bertz CT molecular complexity index is 502. The van der Waals surface area contributed by atoms with E-state index >= 15 is 0 Å². The van der Waals surface area contributed by atoms with Gasteiger partial charge in [-0.25, -0.2) is 12.8 Å². The first kappa shape index (κ1) is 17.1. The summed E-state index contributed by atoms with van der Waals surface area (Å²) in [7, 11) is 0.852. The Morgan fingerprint density at radius 2 is 1.85 bits per heavy atom. The lowest BCUT2D eigenvalue weighted by atomic mass is 10.0. The van der Waals surface area contributed by atoms with Crippen LogP contribution < -0.4 is 5.32 Å². The molecule has 0 aliphatic carbocycles. The van der Waals surface area contributed by atoms with E-state index in [1.54, 1.807) is 12.1 Å². The summed E-state index contributed by atoms with van der Waals surface area (Å²) in [4.78, 5) is 1.99. The second-order valence-corrected chi connectivity index (χ2v) is 7.37. The normalized spacial score (nSPS) is 13.7. The summed E-state index contributed by atoms with van der Waals surface area (Å²) in [5, 5.41) is 3.20. The molecule has 0 radical (unpaired) electrons. The molecule has 1 aromatic carbocycles. The van der Waals surface area contributed by atoms with E-state index in [0.29, 0.717) is 6.54 Å². The van der Waals surface area contributed by atoms with Crippen LogP contribution in [0.15, 0.2) is 24.3 Å². The lowest BCUT2D eigenvalue weighted by Gasteiger charge is -2.21. The van der Waals surface area contributed by atoms with Gasteiger partial charge in [0.15, 0.2) is 0 Å². The maximum absolute atomic E-state index is 12.9. The van der Waals surface area contributed by atoms with Gasteiger partial charge in [0.1, 0.15) is 15.7 Å². The first-order valence-electron chi connectivity index (χ1n) is 6.61. The molecule has 0 aromatic heterocycles. The second-order valence-electron chi connectivity index (χ2n) is 5.11. The van der Waals surface area contributed by atoms with Gasteiger partial charge in [-0.1, -0.05) is 12.1 Å². The number of rotatable bonds is 8. The van der Waals surface area contributed by atoms with E-state index in [4.69, 9.17) is 0 Å². The molecular weight excluding hydrogens is 279 g/mol. The van der Waals surface area contributed by atoms with Crippen molar-refractivity contribution < 1.29 is 12.8 Å². The van der Waals surface area contributed by atoms with E-state index < -0.39 is 9.84 Å². The Hall–Kier alpha value is -0.980. The van der Waals surface area contributed by atoms with Gasteiger partial charge < -0.3 is 10.2 Å². The summed E-state index contributed by atoms with van der Waals surface area (Å²) in [6.45, 7) is 1.30. The molecular formula is C14H23FN2O2S. The van der Waals surface area contributed by atoms with Gasteiger partial charge in [0, 0.05) is 18.8 Å². The van der Waals surface area contributed by atoms with Crippen molar-refractivity contribution in [1.82, 2.24) is 10.2 Å². The zero-order valence-corrected chi connectivity index (χ0v) is 13.1. The largest absolute Gasteiger partial charge is 0.313 e. The van der Waals surface area contributed by atoms with E-state index in [2.05, 4.69) is 5.32 Å². The van der Waals surface area contributed by atoms with Gasteiger partial charge >= 0.3 is 0 Å². The van der Waals surface area contributed by atoms with Crippen molar-refractivity contribution in [2.24, 2.45) is 0 Å². The maximum Gasteiger partial charge on any atom is 0.148 e. The molecule has 0 fully saturated rings. The predicted octanol–water partition coefficient (Wildman–Crippen LogP) is 1.45. The van der Waals surface area contributed by atoms with Crippen LogP contribution in [-0.2, 0) is 9.84 Å². The number of halogens is 1. The van der Waals surface area contributed by atoms with Gasteiger partial charge in [0.2, 0.25) is 0 Å². The van der Waals surface area contributed by atoms with Crippen LogP contribution in [0.25, 0.3) is 0 Å². The fourth-order valence-corrected chi connectivity index (χ4v) is 2.60. The van der Waals surface area contributed by atoms with Gasteiger partial charge in [0.05, 0.1) is 5.75 Å². The number of nitrogens with zero attached hydrogens (tertiary/aromatic N) is 1. The van der Waals surface area contributed by atoms with Crippen molar-refractivity contribution in [2.75, 3.05) is 39.2 Å². The predicted molar refractivity (Wildman–Crippen MR) is 80.0 cm³/mol. The number of sulfone groups is 1. The smallest absolute Gasteiger partial charge is 0.148 e. The summed E-state index contributed by atoms with van der Waals surface area (Å²) in [5.41, 5.74) is 1.03. The van der Waals surface area contributed by atoms with Crippen LogP contribution in [0, 0.1) is 5.82 Å². The molecule has 0 heterocycles. The highest BCUT2D eigenvalue weighted by atomic mass is 32.2. The summed E-state index contributed by atoms with van der Waals surface area (Å²) in [6, 6.07) is 6.58. The second kappa shape index (κ2) is 7.71. The molecule has 0 spiro atoms. The molecule has 0 saturated carbocycles. The van der Waals surface area contributed by atoms with Crippen molar-refractivity contribution >= 4 is 9.84 Å². The Morgan fingerprint density at radius 3 is 2.35 bits per heavy atom. The first-order chi connectivity index (χ1) is 9.31. The Balaban J connectivity index is 2.47. The van der Waals surface area contributed by atoms with Crippen molar-refractivity contribution in [3.8, 4) is 0 Å². The Kier molecular flexibility index (Phi) is 6.58. The third-order valence-electron chi connectivity index (χ3n) is 3.26. The molecule has 20 heavy (non-hydrogen) atoms. The molecule has 114 valence electrons. The van der Waals surface area contributed by atoms with Crippen LogP contribution >= 0.6 is 0 Å². The lowest BCUT2D eigenvalue weighted by molar-refractivity contribution is 0.326. The van der Waals surface area contributed by atoms with E-state index in [1.165, 1.54) is 18.4 Å². The van der Waals surface area contributed by atoms with Gasteiger partial charge in [-0.05, 0) is 44.8 Å². The average molecular weight is 302 g/mol.